The van der Waals surface area contributed by atoms with Crippen LogP contribution in [0.15, 0.2) is 0 Å². The highest BCUT2D eigenvalue weighted by atomic mass is 15.3. The molecule has 4 nitrogen and oxygen atoms in total. The third-order valence-corrected chi connectivity index (χ3v) is 4.17. The van der Waals surface area contributed by atoms with Gasteiger partial charge in [-0.1, -0.05) is 0 Å². The lowest BCUT2D eigenvalue weighted by molar-refractivity contribution is 0.349. The molecule has 1 N–H and O–H groups in total. The van der Waals surface area contributed by atoms with Gasteiger partial charge in [-0.15, -0.1) is 10.2 Å². The van der Waals surface area contributed by atoms with Crippen molar-refractivity contribution in [2.45, 2.75) is 51.5 Å². The van der Waals surface area contributed by atoms with E-state index in [-0.39, 0.29) is 0 Å². The number of rotatable bonds is 3. The smallest absolute Gasteiger partial charge is 0.133 e. The van der Waals surface area contributed by atoms with Crippen molar-refractivity contribution in [1.82, 2.24) is 20.1 Å². The maximum Gasteiger partial charge on any atom is 0.133 e. The van der Waals surface area contributed by atoms with Gasteiger partial charge in [-0.3, -0.25) is 0 Å². The number of aryl methyl sites for hydroxylation is 2. The molecule has 0 radical (unpaired) electrons. The Morgan fingerprint density at radius 3 is 2.94 bits per heavy atom. The third-order valence-electron chi connectivity index (χ3n) is 4.17. The van der Waals surface area contributed by atoms with Gasteiger partial charge >= 0.3 is 0 Å². The molecule has 94 valence electrons. The second-order valence-corrected chi connectivity index (χ2v) is 5.37. The van der Waals surface area contributed by atoms with Crippen molar-refractivity contribution < 1.29 is 0 Å². The van der Waals surface area contributed by atoms with Gasteiger partial charge in [-0.05, 0) is 51.1 Å². The van der Waals surface area contributed by atoms with E-state index in [4.69, 9.17) is 0 Å². The van der Waals surface area contributed by atoms with Crippen molar-refractivity contribution in [2.75, 3.05) is 13.1 Å². The molecule has 0 spiro atoms. The lowest BCUT2D eigenvalue weighted by Gasteiger charge is -2.22. The summed E-state index contributed by atoms with van der Waals surface area (Å²) in [6, 6.07) is 0. The topological polar surface area (TPSA) is 42.7 Å². The summed E-state index contributed by atoms with van der Waals surface area (Å²) in [7, 11) is 0. The fraction of sp³-hybridized carbons (Fsp3) is 0.846. The molecule has 0 aromatic carbocycles. The second-order valence-electron chi connectivity index (χ2n) is 5.37. The number of aromatic nitrogens is 3. The molecule has 0 atom stereocenters. The molecule has 3 rings (SSSR count). The molecule has 1 aromatic rings. The first-order valence-electron chi connectivity index (χ1n) is 7.05. The van der Waals surface area contributed by atoms with Gasteiger partial charge < -0.3 is 9.88 Å². The van der Waals surface area contributed by atoms with E-state index in [0.717, 1.165) is 25.3 Å². The quantitative estimate of drug-likeness (QED) is 0.863. The Morgan fingerprint density at radius 1 is 1.18 bits per heavy atom. The second kappa shape index (κ2) is 5.17. The van der Waals surface area contributed by atoms with Crippen LogP contribution in [0.1, 0.15) is 43.8 Å². The van der Waals surface area contributed by atoms with Gasteiger partial charge in [-0.2, -0.15) is 0 Å². The summed E-state index contributed by atoms with van der Waals surface area (Å²) in [6.07, 6.45) is 8.79. The molecule has 0 amide bonds. The molecule has 3 heterocycles. The predicted octanol–water partition coefficient (Wildman–Crippen LogP) is 1.55. The van der Waals surface area contributed by atoms with Crippen molar-refractivity contribution in [3.8, 4) is 0 Å². The minimum atomic E-state index is 0.896. The third kappa shape index (κ3) is 2.51. The van der Waals surface area contributed by atoms with Crippen LogP contribution < -0.4 is 5.32 Å². The van der Waals surface area contributed by atoms with Crippen LogP contribution in [-0.4, -0.2) is 27.9 Å². The molecule has 0 unspecified atom stereocenters. The van der Waals surface area contributed by atoms with Crippen LogP contribution >= 0.6 is 0 Å². The minimum Gasteiger partial charge on any atom is -0.317 e. The van der Waals surface area contributed by atoms with Gasteiger partial charge in [0.15, 0.2) is 0 Å². The monoisotopic (exact) mass is 234 g/mol. The largest absolute Gasteiger partial charge is 0.317 e. The summed E-state index contributed by atoms with van der Waals surface area (Å²) in [5.74, 6) is 3.35. The summed E-state index contributed by atoms with van der Waals surface area (Å²) in [5, 5.41) is 12.1. The Balaban J connectivity index is 1.59. The van der Waals surface area contributed by atoms with E-state index in [1.165, 1.54) is 56.8 Å². The zero-order valence-electron chi connectivity index (χ0n) is 10.5. The van der Waals surface area contributed by atoms with Gasteiger partial charge in [0, 0.05) is 19.4 Å². The normalized spacial score (nSPS) is 21.4. The zero-order chi connectivity index (χ0) is 11.5. The molecule has 1 saturated heterocycles. The van der Waals surface area contributed by atoms with Crippen LogP contribution in [0.2, 0.25) is 0 Å². The first kappa shape index (κ1) is 11.2. The van der Waals surface area contributed by atoms with Crippen LogP contribution in [0.3, 0.4) is 0 Å². The SMILES string of the molecule is C1CCn2c(nnc2CCC2CCNCC2)C1. The summed E-state index contributed by atoms with van der Waals surface area (Å²) < 4.78 is 2.37. The molecule has 0 aliphatic carbocycles. The van der Waals surface area contributed by atoms with Crippen molar-refractivity contribution in [3.63, 3.8) is 0 Å². The number of hydrogen-bond acceptors (Lipinski definition) is 3. The van der Waals surface area contributed by atoms with Gasteiger partial charge in [0.05, 0.1) is 0 Å². The first-order valence-corrected chi connectivity index (χ1v) is 7.05. The van der Waals surface area contributed by atoms with Gasteiger partial charge in [0.1, 0.15) is 11.6 Å². The number of fused-ring (bicyclic) bond motifs is 1. The summed E-state index contributed by atoms with van der Waals surface area (Å²) in [5.41, 5.74) is 0. The van der Waals surface area contributed by atoms with Crippen LogP contribution in [0.4, 0.5) is 0 Å². The average Bonchev–Trinajstić information content (AvgIpc) is 2.81. The van der Waals surface area contributed by atoms with Crippen molar-refractivity contribution >= 4 is 0 Å². The molecule has 4 heteroatoms. The van der Waals surface area contributed by atoms with Crippen LogP contribution in [0.5, 0.6) is 0 Å². The van der Waals surface area contributed by atoms with E-state index in [9.17, 15) is 0 Å². The average molecular weight is 234 g/mol. The van der Waals surface area contributed by atoms with Crippen molar-refractivity contribution in [3.05, 3.63) is 11.6 Å². The Hall–Kier alpha value is -0.900. The van der Waals surface area contributed by atoms with E-state index < -0.39 is 0 Å². The van der Waals surface area contributed by atoms with E-state index in [1.807, 2.05) is 0 Å². The van der Waals surface area contributed by atoms with E-state index in [0.29, 0.717) is 0 Å². The van der Waals surface area contributed by atoms with E-state index >= 15 is 0 Å². The number of hydrogen-bond donors (Lipinski definition) is 1. The van der Waals surface area contributed by atoms with Crippen molar-refractivity contribution in [1.29, 1.82) is 0 Å². The van der Waals surface area contributed by atoms with Crippen LogP contribution in [-0.2, 0) is 19.4 Å². The minimum absolute atomic E-state index is 0.896. The molecule has 17 heavy (non-hydrogen) atoms. The Morgan fingerprint density at radius 2 is 2.06 bits per heavy atom. The molecule has 1 fully saturated rings. The molecular formula is C13H22N4. The first-order chi connectivity index (χ1) is 8.43. The fourth-order valence-electron chi connectivity index (χ4n) is 3.06. The Bertz CT molecular complexity index is 365. The summed E-state index contributed by atoms with van der Waals surface area (Å²) in [6.45, 7) is 3.54. The van der Waals surface area contributed by atoms with Gasteiger partial charge in [0.25, 0.3) is 0 Å². The number of nitrogens with zero attached hydrogens (tertiary/aromatic N) is 3. The highest BCUT2D eigenvalue weighted by Crippen LogP contribution is 2.20. The van der Waals surface area contributed by atoms with Gasteiger partial charge in [0.2, 0.25) is 0 Å². The number of nitrogens with one attached hydrogen (secondary N) is 1. The molecule has 1 aromatic heterocycles. The van der Waals surface area contributed by atoms with Crippen LogP contribution in [0.25, 0.3) is 0 Å². The summed E-state index contributed by atoms with van der Waals surface area (Å²) in [4.78, 5) is 0. The maximum absolute atomic E-state index is 4.38. The lowest BCUT2D eigenvalue weighted by atomic mass is 9.93. The Kier molecular flexibility index (Phi) is 3.41. The summed E-state index contributed by atoms with van der Waals surface area (Å²) >= 11 is 0. The standard InChI is InChI=1S/C13H22N4/c1-2-10-17-12(3-1)15-16-13(17)5-4-11-6-8-14-9-7-11/h11,14H,1-10H2. The lowest BCUT2D eigenvalue weighted by Crippen LogP contribution is -2.28. The Labute approximate surface area is 103 Å². The molecule has 0 saturated carbocycles. The molecule has 0 bridgehead atoms. The number of piperidine rings is 1. The zero-order valence-corrected chi connectivity index (χ0v) is 10.5. The molecular weight excluding hydrogens is 212 g/mol. The molecule has 2 aliphatic heterocycles. The maximum atomic E-state index is 4.38. The highest BCUT2D eigenvalue weighted by Gasteiger charge is 2.18. The predicted molar refractivity (Wildman–Crippen MR) is 66.9 cm³/mol. The van der Waals surface area contributed by atoms with E-state index in [1.54, 1.807) is 0 Å². The van der Waals surface area contributed by atoms with Crippen molar-refractivity contribution in [2.24, 2.45) is 5.92 Å². The van der Waals surface area contributed by atoms with E-state index in [2.05, 4.69) is 20.1 Å². The molecule has 2 aliphatic rings. The highest BCUT2D eigenvalue weighted by molar-refractivity contribution is 4.99. The van der Waals surface area contributed by atoms with Gasteiger partial charge in [-0.25, -0.2) is 0 Å². The van der Waals surface area contributed by atoms with Crippen LogP contribution in [0, 0.1) is 5.92 Å². The fourth-order valence-corrected chi connectivity index (χ4v) is 3.06.